The van der Waals surface area contributed by atoms with Crippen molar-refractivity contribution < 1.29 is 23.9 Å². The molecule has 4 rings (SSSR count). The van der Waals surface area contributed by atoms with Gasteiger partial charge in [-0.3, -0.25) is 4.79 Å². The van der Waals surface area contributed by atoms with Gasteiger partial charge in [0.15, 0.2) is 0 Å². The summed E-state index contributed by atoms with van der Waals surface area (Å²) < 4.78 is 10.8. The average Bonchev–Trinajstić information content (AvgIpc) is 3.17. The van der Waals surface area contributed by atoms with Crippen molar-refractivity contribution in [2.75, 3.05) is 0 Å². The highest BCUT2D eigenvalue weighted by atomic mass is 16.6. The van der Waals surface area contributed by atoms with Crippen LogP contribution in [0.25, 0.3) is 11.1 Å². The van der Waals surface area contributed by atoms with E-state index in [-0.39, 0.29) is 24.4 Å². The van der Waals surface area contributed by atoms with Crippen LogP contribution in [0.2, 0.25) is 0 Å². The molecule has 4 atom stereocenters. The first-order chi connectivity index (χ1) is 12.7. The quantitative estimate of drug-likeness (QED) is 0.626. The van der Waals surface area contributed by atoms with Gasteiger partial charge in [-0.15, -0.1) is 0 Å². The summed E-state index contributed by atoms with van der Waals surface area (Å²) in [6.45, 7) is 0. The van der Waals surface area contributed by atoms with Crippen LogP contribution in [-0.4, -0.2) is 30.4 Å². The minimum atomic E-state index is -0.545. The molecule has 1 saturated heterocycles. The molecule has 0 bridgehead atoms. The largest absolute Gasteiger partial charge is 0.462 e. The topological polar surface area (TPSA) is 69.7 Å². The predicted molar refractivity (Wildman–Crippen MR) is 93.2 cm³/mol. The Labute approximate surface area is 150 Å². The lowest BCUT2D eigenvalue weighted by Crippen LogP contribution is -2.27. The van der Waals surface area contributed by atoms with E-state index in [4.69, 9.17) is 9.47 Å². The number of carbonyl (C=O) groups excluding carboxylic acids is 3. The number of esters is 2. The summed E-state index contributed by atoms with van der Waals surface area (Å²) in [6.07, 6.45) is 0.512. The Morgan fingerprint density at radius 1 is 1.04 bits per heavy atom. The Kier molecular flexibility index (Phi) is 4.29. The lowest BCUT2D eigenvalue weighted by atomic mass is 9.93. The van der Waals surface area contributed by atoms with Crippen molar-refractivity contribution in [1.82, 2.24) is 0 Å². The van der Waals surface area contributed by atoms with Gasteiger partial charge in [-0.1, -0.05) is 42.5 Å². The first kappa shape index (κ1) is 16.5. The third-order valence-electron chi connectivity index (χ3n) is 5.19. The van der Waals surface area contributed by atoms with Gasteiger partial charge in [-0.05, 0) is 23.3 Å². The molecule has 132 valence electrons. The van der Waals surface area contributed by atoms with Gasteiger partial charge in [0.05, 0.1) is 17.9 Å². The maximum Gasteiger partial charge on any atom is 0.338 e. The van der Waals surface area contributed by atoms with Gasteiger partial charge < -0.3 is 14.3 Å². The van der Waals surface area contributed by atoms with Crippen molar-refractivity contribution in [2.24, 2.45) is 11.8 Å². The fourth-order valence-electron chi connectivity index (χ4n) is 3.85. The molecule has 5 heteroatoms. The minimum absolute atomic E-state index is 0.182. The summed E-state index contributed by atoms with van der Waals surface area (Å²) in [4.78, 5) is 35.2. The monoisotopic (exact) mass is 350 g/mol. The summed E-state index contributed by atoms with van der Waals surface area (Å²) in [6, 6.07) is 17.0. The lowest BCUT2D eigenvalue weighted by molar-refractivity contribution is -0.141. The van der Waals surface area contributed by atoms with Crippen LogP contribution >= 0.6 is 0 Å². The average molecular weight is 350 g/mol. The minimum Gasteiger partial charge on any atom is -0.462 e. The Morgan fingerprint density at radius 3 is 2.42 bits per heavy atom. The van der Waals surface area contributed by atoms with E-state index in [0.29, 0.717) is 12.0 Å². The number of benzene rings is 2. The first-order valence-electron chi connectivity index (χ1n) is 8.67. The van der Waals surface area contributed by atoms with E-state index in [1.807, 2.05) is 42.5 Å². The van der Waals surface area contributed by atoms with Crippen LogP contribution in [0, 0.1) is 11.8 Å². The standard InChI is InChI=1S/C21H18O5/c22-12-17-16-10-20(23)25-18(16)11-19(17)26-21(24)15-8-6-14(7-9-15)13-4-2-1-3-5-13/h1-9,12,16-19H,10-11H2. The molecule has 0 N–H and O–H groups in total. The van der Waals surface area contributed by atoms with Crippen LogP contribution in [-0.2, 0) is 19.1 Å². The normalized spacial score (nSPS) is 26.8. The van der Waals surface area contributed by atoms with Gasteiger partial charge in [0.25, 0.3) is 0 Å². The van der Waals surface area contributed by atoms with Crippen LogP contribution in [0.4, 0.5) is 0 Å². The van der Waals surface area contributed by atoms with Gasteiger partial charge in [-0.25, -0.2) is 4.79 Å². The van der Waals surface area contributed by atoms with E-state index in [0.717, 1.165) is 17.4 Å². The Hall–Kier alpha value is -2.95. The molecular weight excluding hydrogens is 332 g/mol. The van der Waals surface area contributed by atoms with Crippen molar-refractivity contribution in [2.45, 2.75) is 25.0 Å². The van der Waals surface area contributed by atoms with Crippen LogP contribution in [0.15, 0.2) is 54.6 Å². The molecule has 0 spiro atoms. The van der Waals surface area contributed by atoms with E-state index in [1.165, 1.54) is 0 Å². The van der Waals surface area contributed by atoms with E-state index < -0.39 is 18.0 Å². The predicted octanol–water partition coefficient (Wildman–Crippen LogP) is 3.03. The molecule has 0 amide bonds. The number of hydrogen-bond donors (Lipinski definition) is 0. The van der Waals surface area contributed by atoms with Gasteiger partial charge in [0.2, 0.25) is 0 Å². The molecule has 2 fully saturated rings. The Bertz CT molecular complexity index is 827. The second-order valence-corrected chi connectivity index (χ2v) is 6.73. The molecule has 1 heterocycles. The van der Waals surface area contributed by atoms with Crippen molar-refractivity contribution in [3.8, 4) is 11.1 Å². The fraction of sp³-hybridized carbons (Fsp3) is 0.286. The molecular formula is C21H18O5. The Balaban J connectivity index is 1.45. The second-order valence-electron chi connectivity index (χ2n) is 6.73. The summed E-state index contributed by atoms with van der Waals surface area (Å²) >= 11 is 0. The molecule has 2 aromatic carbocycles. The maximum absolute atomic E-state index is 12.4. The van der Waals surface area contributed by atoms with Crippen molar-refractivity contribution in [3.05, 3.63) is 60.2 Å². The SMILES string of the molecule is O=CC1C(OC(=O)c2ccc(-c3ccccc3)cc2)CC2OC(=O)CC21. The molecule has 1 aliphatic carbocycles. The van der Waals surface area contributed by atoms with Crippen LogP contribution in [0.5, 0.6) is 0 Å². The summed E-state index contributed by atoms with van der Waals surface area (Å²) in [5, 5.41) is 0. The molecule has 5 nitrogen and oxygen atoms in total. The van der Waals surface area contributed by atoms with E-state index in [2.05, 4.69) is 0 Å². The number of ether oxygens (including phenoxy) is 2. The van der Waals surface area contributed by atoms with Gasteiger partial charge in [-0.2, -0.15) is 0 Å². The zero-order chi connectivity index (χ0) is 18.1. The van der Waals surface area contributed by atoms with Crippen molar-refractivity contribution in [3.63, 3.8) is 0 Å². The fourth-order valence-corrected chi connectivity index (χ4v) is 3.85. The third kappa shape index (κ3) is 3.01. The number of aldehydes is 1. The third-order valence-corrected chi connectivity index (χ3v) is 5.19. The lowest BCUT2D eigenvalue weighted by Gasteiger charge is -2.18. The smallest absolute Gasteiger partial charge is 0.338 e. The van der Waals surface area contributed by atoms with Crippen LogP contribution < -0.4 is 0 Å². The summed E-state index contributed by atoms with van der Waals surface area (Å²) in [5.41, 5.74) is 2.51. The summed E-state index contributed by atoms with van der Waals surface area (Å²) in [5.74, 6) is -1.42. The van der Waals surface area contributed by atoms with Crippen LogP contribution in [0.3, 0.4) is 0 Å². The number of carbonyl (C=O) groups is 3. The Morgan fingerprint density at radius 2 is 1.73 bits per heavy atom. The van der Waals surface area contributed by atoms with E-state index >= 15 is 0 Å². The van der Waals surface area contributed by atoms with Crippen molar-refractivity contribution >= 4 is 18.2 Å². The van der Waals surface area contributed by atoms with Gasteiger partial charge >= 0.3 is 11.9 Å². The highest BCUT2D eigenvalue weighted by Crippen LogP contribution is 2.42. The highest BCUT2D eigenvalue weighted by molar-refractivity contribution is 5.90. The molecule has 2 aromatic rings. The maximum atomic E-state index is 12.4. The molecule has 1 aliphatic heterocycles. The highest BCUT2D eigenvalue weighted by Gasteiger charge is 2.51. The molecule has 1 saturated carbocycles. The van der Waals surface area contributed by atoms with Crippen molar-refractivity contribution in [1.29, 1.82) is 0 Å². The van der Waals surface area contributed by atoms with Crippen LogP contribution in [0.1, 0.15) is 23.2 Å². The number of rotatable bonds is 4. The van der Waals surface area contributed by atoms with E-state index in [9.17, 15) is 14.4 Å². The first-order valence-corrected chi connectivity index (χ1v) is 8.67. The molecule has 26 heavy (non-hydrogen) atoms. The molecule has 4 unspecified atom stereocenters. The van der Waals surface area contributed by atoms with E-state index in [1.54, 1.807) is 12.1 Å². The molecule has 2 aliphatic rings. The van der Waals surface area contributed by atoms with Gasteiger partial charge in [0.1, 0.15) is 18.5 Å². The number of hydrogen-bond acceptors (Lipinski definition) is 5. The molecule has 0 radical (unpaired) electrons. The van der Waals surface area contributed by atoms with Gasteiger partial charge in [0, 0.05) is 12.3 Å². The number of fused-ring (bicyclic) bond motifs is 1. The zero-order valence-corrected chi connectivity index (χ0v) is 14.0. The summed E-state index contributed by atoms with van der Waals surface area (Å²) in [7, 11) is 0. The second kappa shape index (κ2) is 6.75. The zero-order valence-electron chi connectivity index (χ0n) is 14.0. The molecule has 0 aromatic heterocycles.